The molecule has 4 unspecified atom stereocenters. The van der Waals surface area contributed by atoms with E-state index in [1.54, 1.807) is 0 Å². The van der Waals surface area contributed by atoms with Crippen molar-refractivity contribution in [2.75, 3.05) is 0 Å². The first-order valence-corrected chi connectivity index (χ1v) is 10.3. The normalized spacial score (nSPS) is 34.9. The fourth-order valence-corrected chi connectivity index (χ4v) is 4.86. The van der Waals surface area contributed by atoms with E-state index in [9.17, 15) is 9.59 Å². The zero-order valence-corrected chi connectivity index (χ0v) is 17.5. The highest BCUT2D eigenvalue weighted by Gasteiger charge is 2.45. The summed E-state index contributed by atoms with van der Waals surface area (Å²) in [5.74, 6) is -0.953. The highest BCUT2D eigenvalue weighted by atomic mass is 16.6. The number of allylic oxidation sites excluding steroid dienone is 6. The molecule has 0 spiro atoms. The second kappa shape index (κ2) is 7.01. The number of carbonyl (C=O) groups is 2. The van der Waals surface area contributed by atoms with Gasteiger partial charge in [0.2, 0.25) is 0 Å². The third kappa shape index (κ3) is 3.81. The van der Waals surface area contributed by atoms with Crippen molar-refractivity contribution in [2.45, 2.75) is 58.2 Å². The predicted octanol–water partition coefficient (Wildman–Crippen LogP) is 4.91. The molecule has 0 heterocycles. The Bertz CT molecular complexity index is 868. The molecule has 0 radical (unpaired) electrons. The molecule has 4 nitrogen and oxygen atoms in total. The second-order valence-corrected chi connectivity index (χ2v) is 9.06. The maximum atomic E-state index is 13.2. The molecule has 0 saturated heterocycles. The molecular weight excluding hydrogens is 364 g/mol. The summed E-state index contributed by atoms with van der Waals surface area (Å²) < 4.78 is 11.8. The van der Waals surface area contributed by atoms with Crippen molar-refractivity contribution in [3.8, 4) is 0 Å². The number of carbonyl (C=O) groups excluding carboxylic acids is 2. The van der Waals surface area contributed by atoms with Gasteiger partial charge in [-0.1, -0.05) is 47.6 Å². The number of hydrogen-bond acceptors (Lipinski definition) is 4. The Morgan fingerprint density at radius 2 is 1.24 bits per heavy atom. The number of rotatable bonds is 4. The summed E-state index contributed by atoms with van der Waals surface area (Å²) in [6.07, 6.45) is 18.0. The summed E-state index contributed by atoms with van der Waals surface area (Å²) in [5, 5.41) is 0. The standard InChI is InChI=1S/C25H28O4/c1-16-7-5-11-24(3,14-16)28-22(26)20-18-9-10-19(13-18)21(20)23(27)29-25(4)12-6-8-17(2)15-25/h5-10,14-15,18-19H,11-13H2,1-4H3. The van der Waals surface area contributed by atoms with Crippen LogP contribution in [0, 0.1) is 11.8 Å². The molecule has 0 aromatic rings. The van der Waals surface area contributed by atoms with Crippen LogP contribution in [-0.2, 0) is 19.1 Å². The van der Waals surface area contributed by atoms with Crippen LogP contribution < -0.4 is 0 Å². The minimum atomic E-state index is -0.691. The van der Waals surface area contributed by atoms with Gasteiger partial charge in [0.15, 0.2) is 0 Å². The summed E-state index contributed by atoms with van der Waals surface area (Å²) in [5.41, 5.74) is 1.69. The topological polar surface area (TPSA) is 52.6 Å². The second-order valence-electron chi connectivity index (χ2n) is 9.06. The van der Waals surface area contributed by atoms with E-state index in [0.717, 1.165) is 17.6 Å². The van der Waals surface area contributed by atoms with Crippen molar-refractivity contribution in [3.05, 3.63) is 70.9 Å². The lowest BCUT2D eigenvalue weighted by molar-refractivity contribution is -0.152. The van der Waals surface area contributed by atoms with Crippen LogP contribution in [0.3, 0.4) is 0 Å². The number of hydrogen-bond donors (Lipinski definition) is 0. The first kappa shape index (κ1) is 19.7. The SMILES string of the molecule is CC1=CC(C)(OC(=O)C2=C(C(=O)OC3(C)C=C(C)C=CC3)C3C=CC2C3)CC=C1. The molecule has 4 aliphatic rings. The Morgan fingerprint density at radius 1 is 0.828 bits per heavy atom. The zero-order valence-electron chi connectivity index (χ0n) is 17.5. The van der Waals surface area contributed by atoms with Gasteiger partial charge in [0.1, 0.15) is 11.2 Å². The van der Waals surface area contributed by atoms with E-state index < -0.39 is 23.1 Å². The van der Waals surface area contributed by atoms with Crippen LogP contribution >= 0.6 is 0 Å². The molecule has 0 fully saturated rings. The average Bonchev–Trinajstić information content (AvgIpc) is 3.21. The first-order valence-electron chi connectivity index (χ1n) is 10.3. The van der Waals surface area contributed by atoms with Gasteiger partial charge in [0.25, 0.3) is 0 Å². The highest BCUT2D eigenvalue weighted by Crippen LogP contribution is 2.46. The summed E-state index contributed by atoms with van der Waals surface area (Å²) in [7, 11) is 0. The molecule has 0 N–H and O–H groups in total. The molecule has 29 heavy (non-hydrogen) atoms. The molecular formula is C25H28O4. The fourth-order valence-electron chi connectivity index (χ4n) is 4.86. The van der Waals surface area contributed by atoms with Crippen molar-refractivity contribution in [1.82, 2.24) is 0 Å². The molecule has 0 amide bonds. The summed E-state index contributed by atoms with van der Waals surface area (Å²) in [6, 6.07) is 0. The first-order chi connectivity index (χ1) is 13.7. The zero-order chi connectivity index (χ0) is 20.8. The van der Waals surface area contributed by atoms with Crippen LogP contribution in [0.5, 0.6) is 0 Å². The Kier molecular flexibility index (Phi) is 4.76. The van der Waals surface area contributed by atoms with Crippen LogP contribution in [0.25, 0.3) is 0 Å². The van der Waals surface area contributed by atoms with Gasteiger partial charge < -0.3 is 9.47 Å². The van der Waals surface area contributed by atoms with Crippen LogP contribution in [0.15, 0.2) is 70.9 Å². The van der Waals surface area contributed by atoms with E-state index >= 15 is 0 Å². The van der Waals surface area contributed by atoms with Crippen molar-refractivity contribution < 1.29 is 19.1 Å². The molecule has 0 saturated carbocycles. The number of ether oxygens (including phenoxy) is 2. The Morgan fingerprint density at radius 3 is 1.62 bits per heavy atom. The molecule has 4 heteroatoms. The van der Waals surface area contributed by atoms with Crippen LogP contribution in [0.1, 0.15) is 47.0 Å². The van der Waals surface area contributed by atoms with Gasteiger partial charge in [-0.3, -0.25) is 0 Å². The van der Waals surface area contributed by atoms with E-state index in [4.69, 9.17) is 9.47 Å². The lowest BCUT2D eigenvalue weighted by Crippen LogP contribution is -2.34. The van der Waals surface area contributed by atoms with E-state index in [1.165, 1.54) is 0 Å². The third-order valence-electron chi connectivity index (χ3n) is 6.08. The van der Waals surface area contributed by atoms with E-state index in [-0.39, 0.29) is 11.8 Å². The van der Waals surface area contributed by atoms with Gasteiger partial charge in [-0.05, 0) is 46.3 Å². The van der Waals surface area contributed by atoms with Gasteiger partial charge in [-0.2, -0.15) is 0 Å². The molecule has 4 aliphatic carbocycles. The van der Waals surface area contributed by atoms with E-state index in [0.29, 0.717) is 24.0 Å². The Labute approximate surface area is 172 Å². The minimum Gasteiger partial charge on any atom is -0.451 e. The Hall–Kier alpha value is -2.62. The molecule has 2 bridgehead atoms. The summed E-state index contributed by atoms with van der Waals surface area (Å²) in [4.78, 5) is 26.3. The summed E-state index contributed by atoms with van der Waals surface area (Å²) in [6.45, 7) is 7.78. The Balaban J connectivity index is 1.58. The monoisotopic (exact) mass is 392 g/mol. The molecule has 0 aromatic carbocycles. The predicted molar refractivity (Wildman–Crippen MR) is 112 cm³/mol. The quantitative estimate of drug-likeness (QED) is 0.504. The lowest BCUT2D eigenvalue weighted by atomic mass is 9.92. The molecule has 152 valence electrons. The van der Waals surface area contributed by atoms with Crippen molar-refractivity contribution in [2.24, 2.45) is 11.8 Å². The van der Waals surface area contributed by atoms with Gasteiger partial charge >= 0.3 is 11.9 Å². The van der Waals surface area contributed by atoms with Gasteiger partial charge in [-0.15, -0.1) is 0 Å². The van der Waals surface area contributed by atoms with Crippen molar-refractivity contribution in [3.63, 3.8) is 0 Å². The van der Waals surface area contributed by atoms with E-state index in [2.05, 4.69) is 0 Å². The molecule has 4 rings (SSSR count). The smallest absolute Gasteiger partial charge is 0.336 e. The highest BCUT2D eigenvalue weighted by molar-refractivity contribution is 6.03. The maximum absolute atomic E-state index is 13.2. The van der Waals surface area contributed by atoms with Gasteiger partial charge in [0, 0.05) is 24.7 Å². The third-order valence-corrected chi connectivity index (χ3v) is 6.08. The minimum absolute atomic E-state index is 0.0702. The largest absolute Gasteiger partial charge is 0.451 e. The molecule has 0 aromatic heterocycles. The van der Waals surface area contributed by atoms with Crippen LogP contribution in [0.2, 0.25) is 0 Å². The summed E-state index contributed by atoms with van der Waals surface area (Å²) >= 11 is 0. The maximum Gasteiger partial charge on any atom is 0.336 e. The van der Waals surface area contributed by atoms with Crippen LogP contribution in [0.4, 0.5) is 0 Å². The van der Waals surface area contributed by atoms with Crippen molar-refractivity contribution >= 4 is 11.9 Å². The number of fused-ring (bicyclic) bond motifs is 2. The van der Waals surface area contributed by atoms with Crippen LogP contribution in [-0.4, -0.2) is 23.1 Å². The molecule has 4 atom stereocenters. The average molecular weight is 392 g/mol. The lowest BCUT2D eigenvalue weighted by Gasteiger charge is -2.30. The van der Waals surface area contributed by atoms with Crippen molar-refractivity contribution in [1.29, 1.82) is 0 Å². The number of esters is 2. The van der Waals surface area contributed by atoms with Gasteiger partial charge in [-0.25, -0.2) is 9.59 Å². The van der Waals surface area contributed by atoms with Gasteiger partial charge in [0.05, 0.1) is 11.1 Å². The fraction of sp³-hybridized carbons (Fsp3) is 0.440. The van der Waals surface area contributed by atoms with E-state index in [1.807, 2.05) is 76.3 Å². The molecule has 0 aliphatic heterocycles.